The third-order valence-corrected chi connectivity index (χ3v) is 5.40. The highest BCUT2D eigenvalue weighted by atomic mass is 79.9. The molecule has 23 heavy (non-hydrogen) atoms. The third kappa shape index (κ3) is 5.08. The number of halogens is 3. The van der Waals surface area contributed by atoms with Crippen LogP contribution in [0, 0.1) is 0 Å². The van der Waals surface area contributed by atoms with Crippen LogP contribution in [0.25, 0.3) is 0 Å². The van der Waals surface area contributed by atoms with Gasteiger partial charge in [-0.15, -0.1) is 0 Å². The lowest BCUT2D eigenvalue weighted by molar-refractivity contribution is -0.119. The van der Waals surface area contributed by atoms with Gasteiger partial charge in [0.25, 0.3) is 0 Å². The second-order valence-electron chi connectivity index (χ2n) is 5.11. The van der Waals surface area contributed by atoms with Crippen LogP contribution in [0.2, 0.25) is 0 Å². The highest BCUT2D eigenvalue weighted by Gasteiger charge is 2.54. The Bertz CT molecular complexity index is 627. The van der Waals surface area contributed by atoms with Gasteiger partial charge in [-0.25, -0.2) is 0 Å². The van der Waals surface area contributed by atoms with Gasteiger partial charge in [-0.3, -0.25) is 9.36 Å². The number of nitrogens with one attached hydrogen (secondary N) is 1. The van der Waals surface area contributed by atoms with Crippen molar-refractivity contribution in [1.82, 2.24) is 5.32 Å². The van der Waals surface area contributed by atoms with Crippen LogP contribution in [-0.4, -0.2) is 16.9 Å². The van der Waals surface area contributed by atoms with Crippen molar-refractivity contribution in [2.45, 2.75) is 45.5 Å². The van der Waals surface area contributed by atoms with E-state index in [1.165, 1.54) is 26.0 Å². The molecule has 0 bridgehead atoms. The highest BCUT2D eigenvalue weighted by molar-refractivity contribution is 9.10. The van der Waals surface area contributed by atoms with E-state index in [1.54, 1.807) is 6.92 Å². The number of hydrogen-bond donors (Lipinski definition) is 2. The van der Waals surface area contributed by atoms with E-state index in [4.69, 9.17) is 0 Å². The molecule has 2 N–H and O–H groups in total. The molecule has 0 aliphatic rings. The fraction of sp³-hybridized carbons (Fsp3) is 0.500. The van der Waals surface area contributed by atoms with Gasteiger partial charge in [-0.2, -0.15) is 8.78 Å². The fourth-order valence-electron chi connectivity index (χ4n) is 1.68. The Morgan fingerprint density at radius 3 is 2.61 bits per heavy atom. The number of amides is 1. The largest absolute Gasteiger partial charge is 0.402 e. The van der Waals surface area contributed by atoms with Crippen molar-refractivity contribution in [1.29, 1.82) is 0 Å². The molecular formula is C14H19BrF2NO4P. The maximum Gasteiger partial charge on any atom is 0.402 e. The van der Waals surface area contributed by atoms with E-state index >= 15 is 0 Å². The molecule has 0 aliphatic heterocycles. The summed E-state index contributed by atoms with van der Waals surface area (Å²) in [6.45, 7) is 4.62. The summed E-state index contributed by atoms with van der Waals surface area (Å²) in [5.41, 5.74) is -4.12. The number of benzene rings is 1. The van der Waals surface area contributed by atoms with Gasteiger partial charge in [0.15, 0.2) is 0 Å². The van der Waals surface area contributed by atoms with Gasteiger partial charge in [-0.1, -0.05) is 35.0 Å². The van der Waals surface area contributed by atoms with E-state index in [2.05, 4.69) is 25.8 Å². The predicted octanol–water partition coefficient (Wildman–Crippen LogP) is 4.14. The molecule has 0 spiro atoms. The topological polar surface area (TPSA) is 75.6 Å². The van der Waals surface area contributed by atoms with Gasteiger partial charge >= 0.3 is 13.3 Å². The van der Waals surface area contributed by atoms with Gasteiger partial charge in [0.2, 0.25) is 5.91 Å². The molecule has 2 atom stereocenters. The molecule has 5 nitrogen and oxygen atoms in total. The second-order valence-corrected chi connectivity index (χ2v) is 7.78. The first kappa shape index (κ1) is 20.2. The van der Waals surface area contributed by atoms with Crippen molar-refractivity contribution in [3.05, 3.63) is 33.8 Å². The summed E-state index contributed by atoms with van der Waals surface area (Å²) in [7, 11) is -5.20. The maximum absolute atomic E-state index is 14.4. The molecule has 2 unspecified atom stereocenters. The Morgan fingerprint density at radius 1 is 1.52 bits per heavy atom. The highest BCUT2D eigenvalue weighted by Crippen LogP contribution is 2.64. The molecule has 1 amide bonds. The minimum atomic E-state index is -5.20. The number of carbonyl (C=O) groups excluding carboxylic acids is 1. The Hall–Kier alpha value is -0.820. The summed E-state index contributed by atoms with van der Waals surface area (Å²) in [6.07, 6.45) is -0.438. The molecule has 130 valence electrons. The Labute approximate surface area is 142 Å². The van der Waals surface area contributed by atoms with Crippen LogP contribution in [0.3, 0.4) is 0 Å². The van der Waals surface area contributed by atoms with Crippen LogP contribution < -0.4 is 5.32 Å². The van der Waals surface area contributed by atoms with Crippen LogP contribution in [0.1, 0.15) is 38.3 Å². The molecule has 0 heterocycles. The average molecular weight is 414 g/mol. The lowest BCUT2D eigenvalue weighted by atomic mass is 10.1. The summed E-state index contributed by atoms with van der Waals surface area (Å²) in [5, 5.41) is 2.54. The first-order valence-corrected chi connectivity index (χ1v) is 9.30. The van der Waals surface area contributed by atoms with Gasteiger partial charge in [0, 0.05) is 23.5 Å². The number of rotatable bonds is 7. The zero-order valence-electron chi connectivity index (χ0n) is 13.0. The summed E-state index contributed by atoms with van der Waals surface area (Å²) in [6, 6.07) is 3.76. The Morgan fingerprint density at radius 2 is 2.13 bits per heavy atom. The summed E-state index contributed by atoms with van der Waals surface area (Å²) in [5.74, 6) is -0.252. The van der Waals surface area contributed by atoms with Crippen LogP contribution >= 0.6 is 23.5 Å². The number of hydrogen-bond acceptors (Lipinski definition) is 3. The smallest absolute Gasteiger partial charge is 0.352 e. The van der Waals surface area contributed by atoms with E-state index in [-0.39, 0.29) is 16.9 Å². The lowest BCUT2D eigenvalue weighted by Crippen LogP contribution is -2.21. The van der Waals surface area contributed by atoms with E-state index in [0.29, 0.717) is 12.0 Å². The first-order chi connectivity index (χ1) is 10.5. The standard InChI is InChI=1S/C14H19BrF2NO4P/c1-4-9(2)22-23(20,21)14(16,17)12-6-5-11(7-13(12)15)8-18-10(3)19/h5-7,9H,4,8H2,1-3H3,(H,18,19)(H,20,21). The molecule has 1 aromatic carbocycles. The maximum atomic E-state index is 14.4. The molecule has 0 aliphatic carbocycles. The predicted molar refractivity (Wildman–Crippen MR) is 86.2 cm³/mol. The lowest BCUT2D eigenvalue weighted by Gasteiger charge is -2.25. The van der Waals surface area contributed by atoms with E-state index in [9.17, 15) is 23.0 Å². The minimum Gasteiger partial charge on any atom is -0.352 e. The number of alkyl halides is 2. The van der Waals surface area contributed by atoms with Crippen molar-refractivity contribution in [3.63, 3.8) is 0 Å². The van der Waals surface area contributed by atoms with Crippen molar-refractivity contribution >= 4 is 29.4 Å². The van der Waals surface area contributed by atoms with Crippen molar-refractivity contribution in [3.8, 4) is 0 Å². The molecule has 0 aromatic heterocycles. The Balaban J connectivity index is 3.08. The molecule has 0 saturated heterocycles. The van der Waals surface area contributed by atoms with Crippen LogP contribution in [0.4, 0.5) is 8.78 Å². The monoisotopic (exact) mass is 413 g/mol. The van der Waals surface area contributed by atoms with Crippen LogP contribution in [-0.2, 0) is 26.1 Å². The van der Waals surface area contributed by atoms with Gasteiger partial charge < -0.3 is 14.7 Å². The second kappa shape index (κ2) is 7.83. The Kier molecular flexibility index (Phi) is 6.89. The van der Waals surface area contributed by atoms with Crippen molar-refractivity contribution in [2.24, 2.45) is 0 Å². The molecule has 1 aromatic rings. The van der Waals surface area contributed by atoms with E-state index in [0.717, 1.165) is 6.07 Å². The van der Waals surface area contributed by atoms with E-state index in [1.807, 2.05) is 0 Å². The van der Waals surface area contributed by atoms with Crippen LogP contribution in [0.5, 0.6) is 0 Å². The zero-order chi connectivity index (χ0) is 17.8. The normalized spacial score (nSPS) is 15.8. The molecule has 0 radical (unpaired) electrons. The fourth-order valence-corrected chi connectivity index (χ4v) is 3.77. The summed E-state index contributed by atoms with van der Waals surface area (Å²) < 4.78 is 45.4. The van der Waals surface area contributed by atoms with Crippen LogP contribution in [0.15, 0.2) is 22.7 Å². The SMILES string of the molecule is CCC(C)OP(=O)(O)C(F)(F)c1ccc(CNC(C)=O)cc1Br. The molecular weight excluding hydrogens is 395 g/mol. The van der Waals surface area contributed by atoms with Crippen molar-refractivity contribution in [2.75, 3.05) is 0 Å². The molecule has 0 fully saturated rings. The number of carbonyl (C=O) groups is 1. The van der Waals surface area contributed by atoms with Crippen molar-refractivity contribution < 1.29 is 27.6 Å². The summed E-state index contributed by atoms with van der Waals surface area (Å²) in [4.78, 5) is 20.5. The van der Waals surface area contributed by atoms with Gasteiger partial charge in [0.1, 0.15) is 0 Å². The zero-order valence-corrected chi connectivity index (χ0v) is 15.5. The van der Waals surface area contributed by atoms with Gasteiger partial charge in [-0.05, 0) is 25.0 Å². The van der Waals surface area contributed by atoms with Gasteiger partial charge in [0.05, 0.1) is 6.10 Å². The summed E-state index contributed by atoms with van der Waals surface area (Å²) >= 11 is 2.99. The quantitative estimate of drug-likeness (QED) is 0.658. The molecule has 0 saturated carbocycles. The molecule has 9 heteroatoms. The third-order valence-electron chi connectivity index (χ3n) is 3.15. The average Bonchev–Trinajstić information content (AvgIpc) is 2.44. The minimum absolute atomic E-state index is 0.0348. The van der Waals surface area contributed by atoms with E-state index < -0.39 is 24.9 Å². The molecule has 1 rings (SSSR count). The first-order valence-electron chi connectivity index (χ1n) is 6.93.